The number of nitrogens with two attached hydrogens (primary N) is 1. The average molecular weight is 649 g/mol. The minimum absolute atomic E-state index is 0.00423. The Morgan fingerprint density at radius 2 is 1.83 bits per heavy atom. The first-order valence-electron chi connectivity index (χ1n) is 16.7. The topological polar surface area (TPSA) is 148 Å². The summed E-state index contributed by atoms with van der Waals surface area (Å²) in [6, 6.07) is -0.126. The van der Waals surface area contributed by atoms with Gasteiger partial charge in [-0.15, -0.1) is 0 Å². The van der Waals surface area contributed by atoms with Crippen LogP contribution < -0.4 is 11.1 Å². The van der Waals surface area contributed by atoms with E-state index in [2.05, 4.69) is 18.3 Å². The number of carbonyl (C=O) groups excluding carboxylic acids is 3. The maximum atomic E-state index is 12.8. The predicted molar refractivity (Wildman–Crippen MR) is 174 cm³/mol. The Balaban J connectivity index is 1.57. The van der Waals surface area contributed by atoms with E-state index >= 15 is 0 Å². The van der Waals surface area contributed by atoms with Crippen LogP contribution in [0.1, 0.15) is 92.9 Å². The van der Waals surface area contributed by atoms with Gasteiger partial charge in [0.25, 0.3) is 0 Å². The normalized spacial score (nSPS) is 33.7. The number of amides is 1. The van der Waals surface area contributed by atoms with E-state index in [0.29, 0.717) is 32.4 Å². The van der Waals surface area contributed by atoms with Crippen LogP contribution in [-0.2, 0) is 42.8 Å². The molecule has 0 aromatic rings. The van der Waals surface area contributed by atoms with Gasteiger partial charge in [0.1, 0.15) is 17.8 Å². The lowest BCUT2D eigenvalue weighted by Crippen LogP contribution is -2.57. The first-order valence-corrected chi connectivity index (χ1v) is 16.7. The van der Waals surface area contributed by atoms with Crippen LogP contribution >= 0.6 is 0 Å². The van der Waals surface area contributed by atoms with Crippen LogP contribution in [0.5, 0.6) is 0 Å². The number of allylic oxidation sites excluding steroid dienone is 2. The van der Waals surface area contributed by atoms with Crippen molar-refractivity contribution in [1.82, 2.24) is 5.32 Å². The predicted octanol–water partition coefficient (Wildman–Crippen LogP) is 4.43. The molecule has 0 unspecified atom stereocenters. The molecule has 1 spiro atoms. The summed E-state index contributed by atoms with van der Waals surface area (Å²) in [4.78, 5) is 36.3. The summed E-state index contributed by atoms with van der Waals surface area (Å²) >= 11 is 0. The van der Waals surface area contributed by atoms with Crippen molar-refractivity contribution in [3.8, 4) is 0 Å². The summed E-state index contributed by atoms with van der Waals surface area (Å²) in [5.74, 6) is -1.53. The van der Waals surface area contributed by atoms with Crippen molar-refractivity contribution in [1.29, 1.82) is 0 Å². The highest BCUT2D eigenvalue weighted by Gasteiger charge is 2.64. The van der Waals surface area contributed by atoms with Gasteiger partial charge in [-0.25, -0.2) is 0 Å². The third-order valence-corrected chi connectivity index (χ3v) is 9.00. The van der Waals surface area contributed by atoms with Gasteiger partial charge in [-0.1, -0.05) is 43.6 Å². The number of rotatable bonds is 16. The molecule has 0 aliphatic carbocycles. The van der Waals surface area contributed by atoms with Gasteiger partial charge >= 0.3 is 11.9 Å². The number of nitrogens with one attached hydrogen (secondary N) is 1. The molecule has 0 radical (unpaired) electrons. The minimum atomic E-state index is -0.863. The lowest BCUT2D eigenvalue weighted by atomic mass is 9.86. The second-order valence-corrected chi connectivity index (χ2v) is 13.2. The number of unbranched alkanes of at least 4 members (excludes halogenated alkanes) is 3. The van der Waals surface area contributed by atoms with E-state index in [1.54, 1.807) is 20.1 Å². The van der Waals surface area contributed by atoms with Crippen molar-refractivity contribution >= 4 is 17.8 Å². The molecule has 260 valence electrons. The number of carbonyl (C=O) groups is 3. The van der Waals surface area contributed by atoms with Crippen LogP contribution in [0.2, 0.25) is 0 Å². The summed E-state index contributed by atoms with van der Waals surface area (Å²) in [5, 5.41) is 3.02. The van der Waals surface area contributed by atoms with E-state index in [9.17, 15) is 14.4 Å². The van der Waals surface area contributed by atoms with Gasteiger partial charge in [0, 0.05) is 33.0 Å². The number of epoxide rings is 1. The Bertz CT molecular complexity index is 1120. The summed E-state index contributed by atoms with van der Waals surface area (Å²) in [5.41, 5.74) is 5.98. The van der Waals surface area contributed by atoms with E-state index in [-0.39, 0.29) is 36.0 Å². The summed E-state index contributed by atoms with van der Waals surface area (Å²) < 4.78 is 35.3. The molecule has 9 atom stereocenters. The highest BCUT2D eigenvalue weighted by atomic mass is 16.7. The monoisotopic (exact) mass is 648 g/mol. The Hall–Kier alpha value is -2.57. The lowest BCUT2D eigenvalue weighted by Gasteiger charge is -2.44. The average Bonchev–Trinajstić information content (AvgIpc) is 3.76. The van der Waals surface area contributed by atoms with Crippen molar-refractivity contribution < 1.29 is 42.8 Å². The van der Waals surface area contributed by atoms with Crippen molar-refractivity contribution in [3.05, 3.63) is 36.0 Å². The zero-order valence-corrected chi connectivity index (χ0v) is 28.8. The third kappa shape index (κ3) is 11.6. The Morgan fingerprint density at radius 1 is 1.11 bits per heavy atom. The molecule has 0 saturated carbocycles. The molecule has 46 heavy (non-hydrogen) atoms. The fourth-order valence-electron chi connectivity index (χ4n) is 6.18. The molecular weight excluding hydrogens is 592 g/mol. The maximum Gasteiger partial charge on any atom is 0.306 e. The molecular formula is C35H56N2O9. The molecule has 11 nitrogen and oxygen atoms in total. The fourth-order valence-corrected chi connectivity index (χ4v) is 6.18. The molecule has 11 heteroatoms. The molecule has 3 heterocycles. The molecule has 3 fully saturated rings. The Labute approximate surface area is 274 Å². The van der Waals surface area contributed by atoms with E-state index in [0.717, 1.165) is 37.7 Å². The van der Waals surface area contributed by atoms with Gasteiger partial charge in [0.05, 0.1) is 24.9 Å². The number of hydrogen-bond acceptors (Lipinski definition) is 10. The van der Waals surface area contributed by atoms with Crippen LogP contribution in [0, 0.1) is 5.92 Å². The molecule has 0 bridgehead atoms. The zero-order valence-electron chi connectivity index (χ0n) is 28.8. The van der Waals surface area contributed by atoms with Gasteiger partial charge < -0.3 is 39.5 Å². The van der Waals surface area contributed by atoms with Crippen LogP contribution in [0.15, 0.2) is 36.0 Å². The van der Waals surface area contributed by atoms with Crippen molar-refractivity contribution in [2.45, 2.75) is 141 Å². The summed E-state index contributed by atoms with van der Waals surface area (Å²) in [7, 11) is 1.61. The van der Waals surface area contributed by atoms with Gasteiger partial charge in [-0.2, -0.15) is 0 Å². The standard InChI is InChI=1S/C35H56N2O9/c1-23(13-16-29-24(2)20-28(26(4)44-29)37-31(39)18-15-25(3)43-27(5)38)14-17-30-33(45-32(40)12-10-8-9-11-19-36)35(22-42-35)21-34(6,41-7)46-30/h13-15,17-18,24-26,28-30,33H,8-12,16,19-22,36H2,1-7H3,(H,37,39)/b17-14+,18-15-,23-13+/t24-,25-,26+,28+,29-,30+,33+,34-,35+/m0/s1. The van der Waals surface area contributed by atoms with Gasteiger partial charge in [-0.05, 0) is 71.9 Å². The first kappa shape index (κ1) is 37.9. The van der Waals surface area contributed by atoms with Crippen molar-refractivity contribution in [2.24, 2.45) is 11.7 Å². The highest BCUT2D eigenvalue weighted by molar-refractivity contribution is 5.87. The smallest absolute Gasteiger partial charge is 0.306 e. The number of hydrogen-bond donors (Lipinski definition) is 2. The second kappa shape index (κ2) is 17.5. The van der Waals surface area contributed by atoms with Crippen molar-refractivity contribution in [3.63, 3.8) is 0 Å². The highest BCUT2D eigenvalue weighted by Crippen LogP contribution is 2.48. The Kier molecular flexibility index (Phi) is 14.4. The van der Waals surface area contributed by atoms with Crippen molar-refractivity contribution in [2.75, 3.05) is 20.3 Å². The number of ether oxygens (including phenoxy) is 6. The SMILES string of the molecule is CO[C@]1(C)C[C@@]2(CO2)[C@H](OC(=O)CCCCCCN)[C@@H](/C=C/C(C)=C/C[C@@H]2O[C@H](C)[C@H](NC(=O)/C=C\[C@H](C)OC(C)=O)C[C@@H]2C)O1. The Morgan fingerprint density at radius 3 is 2.48 bits per heavy atom. The van der Waals surface area contributed by atoms with Gasteiger partial charge in [0.15, 0.2) is 11.9 Å². The number of esters is 2. The van der Waals surface area contributed by atoms with E-state index < -0.39 is 35.7 Å². The van der Waals surface area contributed by atoms with Gasteiger partial charge in [0.2, 0.25) is 5.91 Å². The molecule has 3 rings (SSSR count). The zero-order chi connectivity index (χ0) is 33.9. The van der Waals surface area contributed by atoms with Crippen LogP contribution in [0.4, 0.5) is 0 Å². The lowest BCUT2D eigenvalue weighted by molar-refractivity contribution is -0.287. The summed E-state index contributed by atoms with van der Waals surface area (Å²) in [6.45, 7) is 12.2. The third-order valence-electron chi connectivity index (χ3n) is 9.00. The van der Waals surface area contributed by atoms with E-state index in [1.807, 2.05) is 32.9 Å². The summed E-state index contributed by atoms with van der Waals surface area (Å²) in [6.07, 6.45) is 13.2. The number of methoxy groups -OCH3 is 1. The molecule has 3 aliphatic rings. The largest absolute Gasteiger partial charge is 0.459 e. The molecule has 3 saturated heterocycles. The first-order chi connectivity index (χ1) is 21.8. The van der Waals surface area contributed by atoms with Gasteiger partial charge in [-0.3, -0.25) is 14.4 Å². The fraction of sp³-hybridized carbons (Fsp3) is 0.743. The van der Waals surface area contributed by atoms with E-state index in [4.69, 9.17) is 34.2 Å². The second-order valence-electron chi connectivity index (χ2n) is 13.2. The molecule has 3 aliphatic heterocycles. The quantitative estimate of drug-likeness (QED) is 0.0810. The molecule has 3 N–H and O–H groups in total. The maximum absolute atomic E-state index is 12.8. The van der Waals surface area contributed by atoms with Crippen LogP contribution in [0.25, 0.3) is 0 Å². The molecule has 0 aromatic carbocycles. The van der Waals surface area contributed by atoms with E-state index in [1.165, 1.54) is 13.0 Å². The molecule has 1 amide bonds. The van der Waals surface area contributed by atoms with Crippen LogP contribution in [-0.4, -0.2) is 86.1 Å². The molecule has 0 aromatic heterocycles. The van der Waals surface area contributed by atoms with Crippen LogP contribution in [0.3, 0.4) is 0 Å². The minimum Gasteiger partial charge on any atom is -0.459 e.